The molecule has 0 saturated heterocycles. The third-order valence-electron chi connectivity index (χ3n) is 2.80. The Balaban J connectivity index is 2.53. The molecule has 1 aromatic heterocycles. The molecule has 0 aliphatic carbocycles. The van der Waals surface area contributed by atoms with E-state index in [1.54, 1.807) is 6.20 Å². The zero-order valence-electron chi connectivity index (χ0n) is 11.5. The molecule has 4 heteroatoms. The van der Waals surface area contributed by atoms with Gasteiger partial charge in [-0.05, 0) is 39.3 Å². The summed E-state index contributed by atoms with van der Waals surface area (Å²) in [6.07, 6.45) is 2.94. The molecule has 0 spiro atoms. The minimum Gasteiger partial charge on any atom is -0.337 e. The molecule has 1 amide bonds. The molecule has 0 fully saturated rings. The molecule has 0 aromatic carbocycles. The Morgan fingerprint density at radius 3 is 2.67 bits per heavy atom. The average Bonchev–Trinajstić information content (AvgIpc) is 2.33. The SMILES string of the molecule is CCN(Cc1ccccn1)C(=O)CCC(C)(C)N. The molecular formula is C14H23N3O. The van der Waals surface area contributed by atoms with E-state index in [2.05, 4.69) is 4.98 Å². The first-order valence-electron chi connectivity index (χ1n) is 6.39. The van der Waals surface area contributed by atoms with Crippen LogP contribution in [-0.4, -0.2) is 27.9 Å². The van der Waals surface area contributed by atoms with Gasteiger partial charge in [-0.3, -0.25) is 9.78 Å². The quantitative estimate of drug-likeness (QED) is 0.838. The predicted octanol–water partition coefficient (Wildman–Crippen LogP) is 1.95. The molecule has 0 atom stereocenters. The number of nitrogens with zero attached hydrogens (tertiary/aromatic N) is 2. The molecule has 0 bridgehead atoms. The zero-order valence-corrected chi connectivity index (χ0v) is 11.5. The summed E-state index contributed by atoms with van der Waals surface area (Å²) >= 11 is 0. The van der Waals surface area contributed by atoms with Gasteiger partial charge in [-0.25, -0.2) is 0 Å². The van der Waals surface area contributed by atoms with Crippen LogP contribution < -0.4 is 5.73 Å². The second kappa shape index (κ2) is 6.50. The third kappa shape index (κ3) is 5.27. The Kier molecular flexibility index (Phi) is 5.28. The first-order valence-corrected chi connectivity index (χ1v) is 6.39. The van der Waals surface area contributed by atoms with E-state index in [0.29, 0.717) is 25.9 Å². The molecule has 1 heterocycles. The van der Waals surface area contributed by atoms with Crippen LogP contribution in [0.15, 0.2) is 24.4 Å². The fourth-order valence-electron chi connectivity index (χ4n) is 1.65. The van der Waals surface area contributed by atoms with Gasteiger partial charge in [0.1, 0.15) is 0 Å². The molecule has 0 radical (unpaired) electrons. The lowest BCUT2D eigenvalue weighted by atomic mass is 10.00. The summed E-state index contributed by atoms with van der Waals surface area (Å²) in [7, 11) is 0. The predicted molar refractivity (Wildman–Crippen MR) is 72.8 cm³/mol. The van der Waals surface area contributed by atoms with Gasteiger partial charge >= 0.3 is 0 Å². The Hall–Kier alpha value is -1.42. The van der Waals surface area contributed by atoms with Crippen molar-refractivity contribution in [3.05, 3.63) is 30.1 Å². The highest BCUT2D eigenvalue weighted by Crippen LogP contribution is 2.10. The number of hydrogen-bond donors (Lipinski definition) is 1. The van der Waals surface area contributed by atoms with Crippen LogP contribution in [-0.2, 0) is 11.3 Å². The second-order valence-corrected chi connectivity index (χ2v) is 5.22. The summed E-state index contributed by atoms with van der Waals surface area (Å²) in [6.45, 7) is 7.13. The lowest BCUT2D eigenvalue weighted by Gasteiger charge is -2.23. The molecular weight excluding hydrogens is 226 g/mol. The molecule has 1 aromatic rings. The smallest absolute Gasteiger partial charge is 0.222 e. The Bertz CT molecular complexity index is 370. The average molecular weight is 249 g/mol. The molecule has 100 valence electrons. The normalized spacial score (nSPS) is 11.3. The second-order valence-electron chi connectivity index (χ2n) is 5.22. The van der Waals surface area contributed by atoms with Gasteiger partial charge in [0.2, 0.25) is 5.91 Å². The van der Waals surface area contributed by atoms with Gasteiger partial charge in [0.15, 0.2) is 0 Å². The molecule has 0 aliphatic heterocycles. The molecule has 0 saturated carbocycles. The number of nitrogens with two attached hydrogens (primary N) is 1. The van der Waals surface area contributed by atoms with Crippen LogP contribution >= 0.6 is 0 Å². The minimum atomic E-state index is -0.292. The number of carbonyl (C=O) groups is 1. The van der Waals surface area contributed by atoms with Crippen LogP contribution in [0.4, 0.5) is 0 Å². The van der Waals surface area contributed by atoms with Crippen molar-refractivity contribution in [1.29, 1.82) is 0 Å². The molecule has 0 aliphatic rings. The van der Waals surface area contributed by atoms with Gasteiger partial charge in [0.25, 0.3) is 0 Å². The Labute approximate surface area is 109 Å². The van der Waals surface area contributed by atoms with Crippen molar-refractivity contribution >= 4 is 5.91 Å². The maximum absolute atomic E-state index is 12.1. The van der Waals surface area contributed by atoms with Crippen LogP contribution in [0.3, 0.4) is 0 Å². The monoisotopic (exact) mass is 249 g/mol. The van der Waals surface area contributed by atoms with E-state index < -0.39 is 0 Å². The maximum atomic E-state index is 12.1. The van der Waals surface area contributed by atoms with E-state index in [0.717, 1.165) is 5.69 Å². The van der Waals surface area contributed by atoms with Crippen molar-refractivity contribution in [2.24, 2.45) is 5.73 Å². The molecule has 1 rings (SSSR count). The van der Waals surface area contributed by atoms with Crippen LogP contribution in [0.2, 0.25) is 0 Å². The summed E-state index contributed by atoms with van der Waals surface area (Å²) < 4.78 is 0. The Morgan fingerprint density at radius 1 is 1.44 bits per heavy atom. The van der Waals surface area contributed by atoms with E-state index >= 15 is 0 Å². The van der Waals surface area contributed by atoms with Crippen LogP contribution in [0.1, 0.15) is 39.3 Å². The summed E-state index contributed by atoms with van der Waals surface area (Å²) in [5, 5.41) is 0. The lowest BCUT2D eigenvalue weighted by molar-refractivity contribution is -0.132. The van der Waals surface area contributed by atoms with Gasteiger partial charge in [0.05, 0.1) is 12.2 Å². The van der Waals surface area contributed by atoms with Crippen molar-refractivity contribution < 1.29 is 4.79 Å². The molecule has 2 N–H and O–H groups in total. The van der Waals surface area contributed by atoms with Crippen LogP contribution in [0.25, 0.3) is 0 Å². The number of rotatable bonds is 6. The van der Waals surface area contributed by atoms with E-state index in [9.17, 15) is 4.79 Å². The minimum absolute atomic E-state index is 0.140. The maximum Gasteiger partial charge on any atom is 0.222 e. The van der Waals surface area contributed by atoms with Crippen molar-refractivity contribution in [2.75, 3.05) is 6.54 Å². The summed E-state index contributed by atoms with van der Waals surface area (Å²) in [6, 6.07) is 5.74. The fourth-order valence-corrected chi connectivity index (χ4v) is 1.65. The standard InChI is InChI=1S/C14H23N3O/c1-4-17(11-12-7-5-6-10-16-12)13(18)8-9-14(2,3)15/h5-7,10H,4,8-9,11,15H2,1-3H3. The van der Waals surface area contributed by atoms with Crippen LogP contribution in [0, 0.1) is 0 Å². The van der Waals surface area contributed by atoms with E-state index in [-0.39, 0.29) is 11.4 Å². The van der Waals surface area contributed by atoms with Gasteiger partial charge in [0, 0.05) is 24.7 Å². The van der Waals surface area contributed by atoms with E-state index in [4.69, 9.17) is 5.73 Å². The highest BCUT2D eigenvalue weighted by Gasteiger charge is 2.17. The summed E-state index contributed by atoms with van der Waals surface area (Å²) in [4.78, 5) is 18.1. The van der Waals surface area contributed by atoms with Gasteiger partial charge in [-0.1, -0.05) is 6.07 Å². The fraction of sp³-hybridized carbons (Fsp3) is 0.571. The van der Waals surface area contributed by atoms with E-state index in [1.807, 2.05) is 43.9 Å². The van der Waals surface area contributed by atoms with Gasteiger partial charge < -0.3 is 10.6 Å². The third-order valence-corrected chi connectivity index (χ3v) is 2.80. The van der Waals surface area contributed by atoms with Crippen molar-refractivity contribution in [3.63, 3.8) is 0 Å². The summed E-state index contributed by atoms with van der Waals surface area (Å²) in [5.41, 5.74) is 6.52. The first kappa shape index (κ1) is 14.6. The molecule has 4 nitrogen and oxygen atoms in total. The highest BCUT2D eigenvalue weighted by atomic mass is 16.2. The van der Waals surface area contributed by atoms with Crippen molar-refractivity contribution in [2.45, 2.75) is 45.7 Å². The number of aromatic nitrogens is 1. The van der Waals surface area contributed by atoms with Crippen LogP contribution in [0.5, 0.6) is 0 Å². The molecule has 0 unspecified atom stereocenters. The number of hydrogen-bond acceptors (Lipinski definition) is 3. The largest absolute Gasteiger partial charge is 0.337 e. The van der Waals surface area contributed by atoms with E-state index in [1.165, 1.54) is 0 Å². The van der Waals surface area contributed by atoms with Crippen molar-refractivity contribution in [1.82, 2.24) is 9.88 Å². The van der Waals surface area contributed by atoms with Gasteiger partial charge in [-0.2, -0.15) is 0 Å². The van der Waals surface area contributed by atoms with Crippen molar-refractivity contribution in [3.8, 4) is 0 Å². The zero-order chi connectivity index (χ0) is 13.6. The van der Waals surface area contributed by atoms with Gasteiger partial charge in [-0.15, -0.1) is 0 Å². The highest BCUT2D eigenvalue weighted by molar-refractivity contribution is 5.76. The lowest BCUT2D eigenvalue weighted by Crippen LogP contribution is -2.36. The topological polar surface area (TPSA) is 59.2 Å². The summed E-state index contributed by atoms with van der Waals surface area (Å²) in [5.74, 6) is 0.140. The first-order chi connectivity index (χ1) is 8.42. The Morgan fingerprint density at radius 2 is 2.17 bits per heavy atom. The number of carbonyl (C=O) groups excluding carboxylic acids is 1. The molecule has 18 heavy (non-hydrogen) atoms. The number of pyridine rings is 1. The number of amides is 1.